The van der Waals surface area contributed by atoms with Gasteiger partial charge in [-0.3, -0.25) is 4.79 Å². The van der Waals surface area contributed by atoms with Crippen molar-refractivity contribution in [3.8, 4) is 0 Å². The Morgan fingerprint density at radius 3 is 2.18 bits per heavy atom. The molecule has 0 unspecified atom stereocenters. The predicted octanol–water partition coefficient (Wildman–Crippen LogP) is 2.73. The van der Waals surface area contributed by atoms with Crippen LogP contribution in [0.4, 0.5) is 22.0 Å². The van der Waals surface area contributed by atoms with E-state index in [9.17, 15) is 35.2 Å². The van der Waals surface area contributed by atoms with Gasteiger partial charge in [0.2, 0.25) is 11.7 Å². The van der Waals surface area contributed by atoms with Crippen molar-refractivity contribution < 1.29 is 39.6 Å². The van der Waals surface area contributed by atoms with Gasteiger partial charge in [-0.15, -0.1) is 0 Å². The standard InChI is InChI=1S/C17H14F5NO4S/c18-13-11(14(19)16(21)17(22)15(13)20)6-12(24)23(7-10-2-1-4-27-10)9-3-5-28(25,26)8-9/h1-2,4,9H,3,5-8H2/t9-/m1/s1. The third-order valence-corrected chi connectivity index (χ3v) is 6.25. The Hall–Kier alpha value is -2.43. The topological polar surface area (TPSA) is 67.6 Å². The largest absolute Gasteiger partial charge is 0.467 e. The van der Waals surface area contributed by atoms with Gasteiger partial charge in [-0.1, -0.05) is 0 Å². The van der Waals surface area contributed by atoms with Crippen LogP contribution in [0.5, 0.6) is 0 Å². The van der Waals surface area contributed by atoms with E-state index in [4.69, 9.17) is 4.42 Å². The van der Waals surface area contributed by atoms with E-state index in [1.807, 2.05) is 0 Å². The van der Waals surface area contributed by atoms with Crippen LogP contribution in [0.2, 0.25) is 0 Å². The molecular formula is C17H14F5NO4S. The van der Waals surface area contributed by atoms with Crippen LogP contribution in [0.15, 0.2) is 22.8 Å². The lowest BCUT2D eigenvalue weighted by Crippen LogP contribution is -2.41. The summed E-state index contributed by atoms with van der Waals surface area (Å²) in [5.74, 6) is -12.1. The van der Waals surface area contributed by atoms with Crippen LogP contribution in [0, 0.1) is 29.1 Å². The molecule has 2 heterocycles. The number of rotatable bonds is 5. The number of halogens is 5. The summed E-state index contributed by atoms with van der Waals surface area (Å²) in [7, 11) is -3.40. The highest BCUT2D eigenvalue weighted by Gasteiger charge is 2.36. The maximum Gasteiger partial charge on any atom is 0.227 e. The number of benzene rings is 1. The monoisotopic (exact) mass is 423 g/mol. The number of furan rings is 1. The summed E-state index contributed by atoms with van der Waals surface area (Å²) in [6, 6.07) is 2.22. The smallest absolute Gasteiger partial charge is 0.227 e. The minimum absolute atomic E-state index is 0.0892. The minimum Gasteiger partial charge on any atom is -0.467 e. The Morgan fingerprint density at radius 1 is 1.07 bits per heavy atom. The Kier molecular flexibility index (Phi) is 5.46. The summed E-state index contributed by atoms with van der Waals surface area (Å²) in [5.41, 5.74) is -1.27. The lowest BCUT2D eigenvalue weighted by Gasteiger charge is -2.27. The molecule has 1 amide bonds. The molecule has 0 radical (unpaired) electrons. The fourth-order valence-corrected chi connectivity index (χ4v) is 4.80. The van der Waals surface area contributed by atoms with E-state index < -0.39 is 62.9 Å². The molecule has 28 heavy (non-hydrogen) atoms. The Morgan fingerprint density at radius 2 is 1.68 bits per heavy atom. The summed E-state index contributed by atoms with van der Waals surface area (Å²) in [6.07, 6.45) is 0.280. The van der Waals surface area contributed by atoms with Gasteiger partial charge in [0.15, 0.2) is 33.1 Å². The van der Waals surface area contributed by atoms with Crippen molar-refractivity contribution in [2.24, 2.45) is 0 Å². The number of sulfone groups is 1. The summed E-state index contributed by atoms with van der Waals surface area (Å²) in [6.45, 7) is -0.207. The first-order valence-corrected chi connectivity index (χ1v) is 9.95. The maximum absolute atomic E-state index is 13.9. The van der Waals surface area contributed by atoms with E-state index in [0.29, 0.717) is 0 Å². The van der Waals surface area contributed by atoms with Gasteiger partial charge in [0.05, 0.1) is 30.7 Å². The Balaban J connectivity index is 1.92. The molecule has 0 bridgehead atoms. The third-order valence-electron chi connectivity index (χ3n) is 4.50. The molecule has 1 atom stereocenters. The van der Waals surface area contributed by atoms with Gasteiger partial charge < -0.3 is 9.32 Å². The quantitative estimate of drug-likeness (QED) is 0.422. The van der Waals surface area contributed by atoms with Gasteiger partial charge >= 0.3 is 0 Å². The van der Waals surface area contributed by atoms with Crippen LogP contribution >= 0.6 is 0 Å². The molecule has 3 rings (SSSR count). The molecule has 0 aliphatic carbocycles. The normalized spacial score (nSPS) is 18.4. The molecule has 1 aromatic carbocycles. The van der Waals surface area contributed by atoms with Gasteiger partial charge in [0, 0.05) is 11.6 Å². The van der Waals surface area contributed by atoms with E-state index in [1.54, 1.807) is 0 Å². The molecule has 5 nitrogen and oxygen atoms in total. The van der Waals surface area contributed by atoms with Gasteiger partial charge in [-0.05, 0) is 18.6 Å². The van der Waals surface area contributed by atoms with Crippen molar-refractivity contribution >= 4 is 15.7 Å². The van der Waals surface area contributed by atoms with E-state index >= 15 is 0 Å². The second-order valence-electron chi connectivity index (χ2n) is 6.38. The molecule has 0 spiro atoms. The number of hydrogen-bond donors (Lipinski definition) is 0. The highest BCUT2D eigenvalue weighted by Crippen LogP contribution is 2.26. The highest BCUT2D eigenvalue weighted by molar-refractivity contribution is 7.91. The fraction of sp³-hybridized carbons (Fsp3) is 0.353. The van der Waals surface area contributed by atoms with E-state index in [0.717, 1.165) is 4.90 Å². The van der Waals surface area contributed by atoms with Crippen LogP contribution in [0.3, 0.4) is 0 Å². The molecule has 1 aromatic heterocycles. The summed E-state index contributed by atoms with van der Waals surface area (Å²) in [5, 5.41) is 0. The van der Waals surface area contributed by atoms with Crippen molar-refractivity contribution in [3.05, 3.63) is 58.8 Å². The second kappa shape index (κ2) is 7.53. The van der Waals surface area contributed by atoms with E-state index in [-0.39, 0.29) is 30.2 Å². The van der Waals surface area contributed by atoms with Crippen LogP contribution in [-0.4, -0.2) is 36.8 Å². The maximum atomic E-state index is 13.9. The van der Waals surface area contributed by atoms with Crippen molar-refractivity contribution in [2.45, 2.75) is 25.4 Å². The highest BCUT2D eigenvalue weighted by atomic mass is 32.2. The van der Waals surface area contributed by atoms with Crippen LogP contribution in [0.25, 0.3) is 0 Å². The predicted molar refractivity (Wildman–Crippen MR) is 86.3 cm³/mol. The SMILES string of the molecule is O=C(Cc1c(F)c(F)c(F)c(F)c1F)N(Cc1ccco1)[C@@H]1CCS(=O)(=O)C1. The van der Waals surface area contributed by atoms with Gasteiger partial charge in [0.25, 0.3) is 0 Å². The van der Waals surface area contributed by atoms with Crippen LogP contribution < -0.4 is 0 Å². The van der Waals surface area contributed by atoms with Gasteiger partial charge in [0.1, 0.15) is 5.76 Å². The molecule has 0 N–H and O–H groups in total. The summed E-state index contributed by atoms with van der Waals surface area (Å²) in [4.78, 5) is 13.7. The average molecular weight is 423 g/mol. The van der Waals surface area contributed by atoms with Crippen molar-refractivity contribution in [2.75, 3.05) is 11.5 Å². The number of amides is 1. The summed E-state index contributed by atoms with van der Waals surface area (Å²) >= 11 is 0. The Labute approximate surface area is 156 Å². The first-order valence-electron chi connectivity index (χ1n) is 8.13. The number of hydrogen-bond acceptors (Lipinski definition) is 4. The first-order chi connectivity index (χ1) is 13.1. The average Bonchev–Trinajstić information content (AvgIpc) is 3.28. The van der Waals surface area contributed by atoms with E-state index in [1.165, 1.54) is 18.4 Å². The van der Waals surface area contributed by atoms with E-state index in [2.05, 4.69) is 0 Å². The zero-order valence-corrected chi connectivity index (χ0v) is 15.0. The molecule has 152 valence electrons. The molecule has 1 aliphatic rings. The molecule has 2 aromatic rings. The molecular weight excluding hydrogens is 409 g/mol. The number of carbonyl (C=O) groups excluding carboxylic acids is 1. The number of nitrogens with zero attached hydrogens (tertiary/aromatic N) is 1. The lowest BCUT2D eigenvalue weighted by molar-refractivity contribution is -0.133. The molecule has 1 aliphatic heterocycles. The summed E-state index contributed by atoms with van der Waals surface area (Å²) < 4.78 is 96.3. The van der Waals surface area contributed by atoms with Crippen LogP contribution in [-0.2, 0) is 27.6 Å². The fourth-order valence-electron chi connectivity index (χ4n) is 3.07. The number of carbonyl (C=O) groups is 1. The van der Waals surface area contributed by atoms with Crippen molar-refractivity contribution in [1.82, 2.24) is 4.90 Å². The van der Waals surface area contributed by atoms with Crippen molar-refractivity contribution in [3.63, 3.8) is 0 Å². The van der Waals surface area contributed by atoms with Crippen LogP contribution in [0.1, 0.15) is 17.7 Å². The molecule has 1 saturated heterocycles. The Bertz CT molecular complexity index is 978. The zero-order valence-electron chi connectivity index (χ0n) is 14.2. The lowest BCUT2D eigenvalue weighted by atomic mass is 10.1. The molecule has 0 saturated carbocycles. The van der Waals surface area contributed by atoms with Gasteiger partial charge in [-0.25, -0.2) is 30.4 Å². The molecule has 1 fully saturated rings. The first kappa shape index (κ1) is 20.3. The molecule has 11 heteroatoms. The zero-order chi connectivity index (χ0) is 20.6. The second-order valence-corrected chi connectivity index (χ2v) is 8.61. The minimum atomic E-state index is -3.40. The third kappa shape index (κ3) is 3.89. The van der Waals surface area contributed by atoms with Crippen molar-refractivity contribution in [1.29, 1.82) is 0 Å². The van der Waals surface area contributed by atoms with Gasteiger partial charge in [-0.2, -0.15) is 0 Å².